The molecule has 0 atom stereocenters. The lowest BCUT2D eigenvalue weighted by Crippen LogP contribution is -2.12. The van der Waals surface area contributed by atoms with Gasteiger partial charge in [-0.3, -0.25) is 9.59 Å². The Bertz CT molecular complexity index is 528. The average molecular weight is 252 g/mol. The predicted molar refractivity (Wildman–Crippen MR) is 64.2 cm³/mol. The van der Waals surface area contributed by atoms with Crippen molar-refractivity contribution in [3.05, 3.63) is 27.5 Å². The Hall–Kier alpha value is -1.74. The van der Waals surface area contributed by atoms with E-state index in [1.165, 1.54) is 6.07 Å². The van der Waals surface area contributed by atoms with E-state index in [4.69, 9.17) is 10.4 Å². The number of hydrogen-bond acceptors (Lipinski definition) is 4. The number of nitrogens with zero attached hydrogens (tertiary/aromatic N) is 1. The van der Waals surface area contributed by atoms with Crippen LogP contribution in [-0.4, -0.2) is 21.8 Å². The number of carbonyl (C=O) groups is 1. The molecule has 0 spiro atoms. The van der Waals surface area contributed by atoms with Gasteiger partial charge in [-0.05, 0) is 11.5 Å². The Labute approximate surface area is 102 Å². The molecule has 0 amide bonds. The molecule has 1 aromatic rings. The van der Waals surface area contributed by atoms with E-state index < -0.39 is 5.97 Å². The summed E-state index contributed by atoms with van der Waals surface area (Å²) in [4.78, 5) is 24.4. The standard InChI is InChI=1S/C11H12N2O3S/c1-6(2)7-3-9(14)13-11(8(7)4-12)17-5-10(15)16/h3,6H,5H2,1-2H3,(H,13,14)(H,15,16). The first-order valence-electron chi connectivity index (χ1n) is 4.97. The van der Waals surface area contributed by atoms with Crippen molar-refractivity contribution in [2.75, 3.05) is 5.75 Å². The van der Waals surface area contributed by atoms with Gasteiger partial charge in [-0.1, -0.05) is 25.6 Å². The number of H-pyrrole nitrogens is 1. The van der Waals surface area contributed by atoms with Gasteiger partial charge in [0.1, 0.15) is 6.07 Å². The predicted octanol–water partition coefficient (Wildman–Crippen LogP) is 1.55. The molecule has 6 heteroatoms. The third-order valence-electron chi connectivity index (χ3n) is 2.11. The third kappa shape index (κ3) is 3.36. The number of pyridine rings is 1. The fourth-order valence-electron chi connectivity index (χ4n) is 1.37. The van der Waals surface area contributed by atoms with Gasteiger partial charge < -0.3 is 10.1 Å². The first-order chi connectivity index (χ1) is 7.95. The Balaban J connectivity index is 3.24. The highest BCUT2D eigenvalue weighted by Gasteiger charge is 2.14. The van der Waals surface area contributed by atoms with Gasteiger partial charge in [0.05, 0.1) is 16.3 Å². The second kappa shape index (κ2) is 5.55. The van der Waals surface area contributed by atoms with E-state index in [0.29, 0.717) is 16.2 Å². The fraction of sp³-hybridized carbons (Fsp3) is 0.364. The zero-order valence-corrected chi connectivity index (χ0v) is 10.3. The number of carboxylic acids is 1. The Morgan fingerprint density at radius 1 is 1.65 bits per heavy atom. The minimum absolute atomic E-state index is 0.0381. The van der Waals surface area contributed by atoms with Crippen molar-refractivity contribution in [2.45, 2.75) is 24.8 Å². The lowest BCUT2D eigenvalue weighted by molar-refractivity contribution is -0.133. The van der Waals surface area contributed by atoms with Crippen molar-refractivity contribution in [1.82, 2.24) is 4.98 Å². The van der Waals surface area contributed by atoms with Crippen LogP contribution in [0.1, 0.15) is 30.9 Å². The quantitative estimate of drug-likeness (QED) is 0.793. The third-order valence-corrected chi connectivity index (χ3v) is 3.10. The highest BCUT2D eigenvalue weighted by atomic mass is 32.2. The molecule has 1 aromatic heterocycles. The fourth-order valence-corrected chi connectivity index (χ4v) is 2.12. The molecule has 0 fully saturated rings. The number of hydrogen-bond donors (Lipinski definition) is 2. The Kier molecular flexibility index (Phi) is 4.35. The number of aliphatic carboxylic acids is 1. The summed E-state index contributed by atoms with van der Waals surface area (Å²) in [6.45, 7) is 3.75. The monoisotopic (exact) mass is 252 g/mol. The Morgan fingerprint density at radius 2 is 2.29 bits per heavy atom. The molecular weight excluding hydrogens is 240 g/mol. The number of rotatable bonds is 4. The number of nitriles is 1. The zero-order valence-electron chi connectivity index (χ0n) is 9.48. The van der Waals surface area contributed by atoms with Gasteiger partial charge in [0.2, 0.25) is 5.56 Å². The maximum absolute atomic E-state index is 11.4. The van der Waals surface area contributed by atoms with Crippen LogP contribution < -0.4 is 5.56 Å². The van der Waals surface area contributed by atoms with Crippen LogP contribution in [0.2, 0.25) is 0 Å². The van der Waals surface area contributed by atoms with Crippen LogP contribution in [0, 0.1) is 11.3 Å². The van der Waals surface area contributed by atoms with Crippen LogP contribution in [0.5, 0.6) is 0 Å². The molecule has 1 heterocycles. The van der Waals surface area contributed by atoms with Crippen molar-refractivity contribution < 1.29 is 9.90 Å². The summed E-state index contributed by atoms with van der Waals surface area (Å²) >= 11 is 0.948. The lowest BCUT2D eigenvalue weighted by atomic mass is 10.00. The molecule has 0 saturated heterocycles. The van der Waals surface area contributed by atoms with Gasteiger partial charge >= 0.3 is 5.97 Å². The number of nitrogens with one attached hydrogen (secondary N) is 1. The molecule has 17 heavy (non-hydrogen) atoms. The van der Waals surface area contributed by atoms with E-state index in [0.717, 1.165) is 11.8 Å². The van der Waals surface area contributed by atoms with Crippen LogP contribution >= 0.6 is 11.8 Å². The summed E-state index contributed by atoms with van der Waals surface area (Å²) in [6, 6.07) is 3.40. The molecule has 1 rings (SSSR count). The van der Waals surface area contributed by atoms with Crippen molar-refractivity contribution in [1.29, 1.82) is 5.26 Å². The van der Waals surface area contributed by atoms with Gasteiger partial charge in [0, 0.05) is 6.07 Å². The maximum atomic E-state index is 11.4. The molecule has 0 aliphatic heterocycles. The highest BCUT2D eigenvalue weighted by Crippen LogP contribution is 2.25. The molecular formula is C11H12N2O3S. The van der Waals surface area contributed by atoms with Crippen LogP contribution in [0.25, 0.3) is 0 Å². The van der Waals surface area contributed by atoms with Gasteiger partial charge in [-0.25, -0.2) is 0 Å². The first-order valence-corrected chi connectivity index (χ1v) is 5.96. The van der Waals surface area contributed by atoms with Gasteiger partial charge in [0.15, 0.2) is 0 Å². The summed E-state index contributed by atoms with van der Waals surface area (Å²) in [5, 5.41) is 18.0. The summed E-state index contributed by atoms with van der Waals surface area (Å²) in [7, 11) is 0. The van der Waals surface area contributed by atoms with Crippen LogP contribution in [0.15, 0.2) is 15.9 Å². The van der Waals surface area contributed by atoms with Crippen LogP contribution in [0.4, 0.5) is 0 Å². The SMILES string of the molecule is CC(C)c1cc(=O)[nH]c(SCC(=O)O)c1C#N. The molecule has 0 radical (unpaired) electrons. The van der Waals surface area contributed by atoms with Crippen LogP contribution in [0.3, 0.4) is 0 Å². The van der Waals surface area contributed by atoms with Crippen molar-refractivity contribution in [2.24, 2.45) is 0 Å². The van der Waals surface area contributed by atoms with E-state index >= 15 is 0 Å². The largest absolute Gasteiger partial charge is 0.481 e. The minimum atomic E-state index is -0.991. The molecule has 90 valence electrons. The normalized spacial score (nSPS) is 10.2. The minimum Gasteiger partial charge on any atom is -0.481 e. The number of aromatic amines is 1. The zero-order chi connectivity index (χ0) is 13.0. The molecule has 0 saturated carbocycles. The van der Waals surface area contributed by atoms with E-state index in [1.807, 2.05) is 19.9 Å². The topological polar surface area (TPSA) is 93.9 Å². The van der Waals surface area contributed by atoms with Crippen molar-refractivity contribution >= 4 is 17.7 Å². The van der Waals surface area contributed by atoms with E-state index in [2.05, 4.69) is 4.98 Å². The second-order valence-electron chi connectivity index (χ2n) is 3.74. The maximum Gasteiger partial charge on any atom is 0.313 e. The van der Waals surface area contributed by atoms with Crippen molar-refractivity contribution in [3.63, 3.8) is 0 Å². The summed E-state index contributed by atoms with van der Waals surface area (Å²) in [5.74, 6) is -1.14. The molecule has 0 aromatic carbocycles. The van der Waals surface area contributed by atoms with Crippen molar-refractivity contribution in [3.8, 4) is 6.07 Å². The number of thioether (sulfide) groups is 1. The second-order valence-corrected chi connectivity index (χ2v) is 4.73. The molecule has 2 N–H and O–H groups in total. The molecule has 5 nitrogen and oxygen atoms in total. The number of carboxylic acid groups (broad SMARTS) is 1. The van der Waals surface area contributed by atoms with Gasteiger partial charge in [-0.2, -0.15) is 5.26 Å². The average Bonchev–Trinajstić information content (AvgIpc) is 2.25. The molecule has 0 aliphatic rings. The molecule has 0 aliphatic carbocycles. The van der Waals surface area contributed by atoms with E-state index in [9.17, 15) is 9.59 Å². The first kappa shape index (κ1) is 13.3. The molecule has 0 bridgehead atoms. The smallest absolute Gasteiger partial charge is 0.313 e. The Morgan fingerprint density at radius 3 is 2.76 bits per heavy atom. The summed E-state index contributed by atoms with van der Waals surface area (Å²) < 4.78 is 0. The molecule has 0 unspecified atom stereocenters. The lowest BCUT2D eigenvalue weighted by Gasteiger charge is -2.10. The van der Waals surface area contributed by atoms with Gasteiger partial charge in [-0.15, -0.1) is 0 Å². The van der Waals surface area contributed by atoms with Gasteiger partial charge in [0.25, 0.3) is 0 Å². The van der Waals surface area contributed by atoms with E-state index in [-0.39, 0.29) is 17.2 Å². The highest BCUT2D eigenvalue weighted by molar-refractivity contribution is 7.99. The van der Waals surface area contributed by atoms with E-state index in [1.54, 1.807) is 0 Å². The summed E-state index contributed by atoms with van der Waals surface area (Å²) in [6.07, 6.45) is 0. The number of aromatic nitrogens is 1. The summed E-state index contributed by atoms with van der Waals surface area (Å²) in [5.41, 5.74) is 0.676. The van der Waals surface area contributed by atoms with Crippen LogP contribution in [-0.2, 0) is 4.79 Å².